The first kappa shape index (κ1) is 14.5. The maximum atomic E-state index is 4.11. The van der Waals surface area contributed by atoms with E-state index in [2.05, 4.69) is 34.6 Å². The summed E-state index contributed by atoms with van der Waals surface area (Å²) in [5.74, 6) is 1.69. The molecule has 1 saturated heterocycles. The lowest BCUT2D eigenvalue weighted by Crippen LogP contribution is -2.33. The van der Waals surface area contributed by atoms with E-state index in [1.165, 1.54) is 19.5 Å². The van der Waals surface area contributed by atoms with E-state index in [4.69, 9.17) is 0 Å². The minimum atomic E-state index is 0.817. The third kappa shape index (κ3) is 6.08. The normalized spacial score (nSPS) is 27.7. The molecule has 1 aliphatic heterocycles. The highest BCUT2D eigenvalue weighted by Gasteiger charge is 2.21. The van der Waals surface area contributed by atoms with Crippen molar-refractivity contribution in [3.05, 3.63) is 23.6 Å². The summed E-state index contributed by atoms with van der Waals surface area (Å²) in [6, 6.07) is 0. The van der Waals surface area contributed by atoms with Crippen molar-refractivity contribution in [1.29, 1.82) is 0 Å². The van der Waals surface area contributed by atoms with Crippen molar-refractivity contribution in [3.8, 4) is 0 Å². The van der Waals surface area contributed by atoms with Gasteiger partial charge in [0.05, 0.1) is 0 Å². The lowest BCUT2D eigenvalue weighted by atomic mass is 9.90. The third-order valence-electron chi connectivity index (χ3n) is 3.18. The summed E-state index contributed by atoms with van der Waals surface area (Å²) in [7, 11) is 0. The van der Waals surface area contributed by atoms with Crippen LogP contribution in [0.5, 0.6) is 0 Å². The molecule has 0 radical (unpaired) electrons. The van der Waals surface area contributed by atoms with Crippen LogP contribution in [0.4, 0.5) is 0 Å². The largest absolute Gasteiger partial charge is 0.293 e. The third-order valence-corrected chi connectivity index (χ3v) is 4.09. The van der Waals surface area contributed by atoms with Crippen LogP contribution in [0, 0.1) is 11.8 Å². The molecule has 2 atom stereocenters. The smallest absolute Gasteiger partial charge is 0.0360 e. The minimum absolute atomic E-state index is 0.817. The standard InChI is InChI=1S/C14H24N2S/c1-4-15-9-6-5-7-11-17-16-10-8-13(2)14(3)12-16/h5-7,9,11,13-14H,4,8,10,12H2,1-3H3/b6-5-,11-7+,15-9?. The van der Waals surface area contributed by atoms with Crippen LogP contribution >= 0.6 is 11.9 Å². The zero-order valence-electron chi connectivity index (χ0n) is 11.2. The van der Waals surface area contributed by atoms with E-state index in [-0.39, 0.29) is 0 Å². The number of allylic oxidation sites excluding steroid dienone is 3. The van der Waals surface area contributed by atoms with Crippen molar-refractivity contribution < 1.29 is 0 Å². The average molecular weight is 252 g/mol. The van der Waals surface area contributed by atoms with Crippen molar-refractivity contribution >= 4 is 18.2 Å². The number of nitrogens with zero attached hydrogens (tertiary/aromatic N) is 2. The number of hydrogen-bond donors (Lipinski definition) is 0. The molecule has 0 aromatic heterocycles. The second-order valence-electron chi connectivity index (χ2n) is 4.60. The monoisotopic (exact) mass is 252 g/mol. The highest BCUT2D eigenvalue weighted by molar-refractivity contribution is 7.99. The van der Waals surface area contributed by atoms with Crippen LogP contribution in [0.25, 0.3) is 0 Å². The van der Waals surface area contributed by atoms with Gasteiger partial charge in [-0.2, -0.15) is 0 Å². The van der Waals surface area contributed by atoms with E-state index in [0.717, 1.165) is 18.4 Å². The molecule has 1 heterocycles. The Bertz CT molecular complexity index is 284. The van der Waals surface area contributed by atoms with E-state index >= 15 is 0 Å². The van der Waals surface area contributed by atoms with Gasteiger partial charge in [-0.15, -0.1) is 0 Å². The number of piperidine rings is 1. The van der Waals surface area contributed by atoms with Gasteiger partial charge in [-0.3, -0.25) is 4.99 Å². The van der Waals surface area contributed by atoms with Crippen LogP contribution in [-0.2, 0) is 0 Å². The molecule has 1 aliphatic rings. The van der Waals surface area contributed by atoms with Gasteiger partial charge in [-0.1, -0.05) is 37.9 Å². The van der Waals surface area contributed by atoms with Gasteiger partial charge in [0.1, 0.15) is 0 Å². The molecule has 0 bridgehead atoms. The molecule has 1 rings (SSSR count). The van der Waals surface area contributed by atoms with Gasteiger partial charge in [0.15, 0.2) is 0 Å². The molecule has 0 aliphatic carbocycles. The first-order valence-electron chi connectivity index (χ1n) is 6.47. The lowest BCUT2D eigenvalue weighted by molar-refractivity contribution is 0.226. The summed E-state index contributed by atoms with van der Waals surface area (Å²) < 4.78 is 2.45. The van der Waals surface area contributed by atoms with Crippen LogP contribution in [0.2, 0.25) is 0 Å². The minimum Gasteiger partial charge on any atom is -0.293 e. The summed E-state index contributed by atoms with van der Waals surface area (Å²) in [5.41, 5.74) is 0. The molecule has 3 heteroatoms. The van der Waals surface area contributed by atoms with Gasteiger partial charge in [-0.05, 0) is 36.7 Å². The van der Waals surface area contributed by atoms with Gasteiger partial charge in [0.25, 0.3) is 0 Å². The van der Waals surface area contributed by atoms with Crippen molar-refractivity contribution in [2.45, 2.75) is 27.2 Å². The molecule has 17 heavy (non-hydrogen) atoms. The van der Waals surface area contributed by atoms with Gasteiger partial charge < -0.3 is 0 Å². The zero-order chi connectivity index (χ0) is 12.5. The van der Waals surface area contributed by atoms with E-state index in [0.29, 0.717) is 0 Å². The molecular weight excluding hydrogens is 228 g/mol. The Balaban J connectivity index is 2.20. The first-order chi connectivity index (χ1) is 8.24. The molecule has 0 aromatic carbocycles. The Morgan fingerprint density at radius 1 is 1.24 bits per heavy atom. The number of hydrogen-bond acceptors (Lipinski definition) is 3. The topological polar surface area (TPSA) is 15.6 Å². The highest BCUT2D eigenvalue weighted by atomic mass is 32.2. The zero-order valence-corrected chi connectivity index (χ0v) is 12.0. The first-order valence-corrected chi connectivity index (χ1v) is 7.31. The van der Waals surface area contributed by atoms with Crippen LogP contribution in [-0.4, -0.2) is 30.2 Å². The van der Waals surface area contributed by atoms with Gasteiger partial charge in [0, 0.05) is 25.8 Å². The van der Waals surface area contributed by atoms with E-state index in [1.807, 2.05) is 37.2 Å². The summed E-state index contributed by atoms with van der Waals surface area (Å²) >= 11 is 1.82. The average Bonchev–Trinajstić information content (AvgIpc) is 2.32. The molecule has 0 N–H and O–H groups in total. The van der Waals surface area contributed by atoms with Crippen LogP contribution in [0.15, 0.2) is 28.6 Å². The Kier molecular flexibility index (Phi) is 7.29. The molecule has 0 saturated carbocycles. The van der Waals surface area contributed by atoms with Crippen molar-refractivity contribution in [2.24, 2.45) is 16.8 Å². The fourth-order valence-corrected chi connectivity index (χ4v) is 2.63. The molecule has 0 spiro atoms. The number of rotatable bonds is 5. The summed E-state index contributed by atoms with van der Waals surface area (Å²) in [5, 5.41) is 2.15. The van der Waals surface area contributed by atoms with Crippen LogP contribution in [0.3, 0.4) is 0 Å². The fourth-order valence-electron chi connectivity index (χ4n) is 1.77. The van der Waals surface area contributed by atoms with Crippen molar-refractivity contribution in [2.75, 3.05) is 19.6 Å². The number of aliphatic imine (C=N–C) groups is 1. The van der Waals surface area contributed by atoms with Crippen LogP contribution in [0.1, 0.15) is 27.2 Å². The van der Waals surface area contributed by atoms with Gasteiger partial charge in [0.2, 0.25) is 0 Å². The van der Waals surface area contributed by atoms with E-state index in [9.17, 15) is 0 Å². The molecule has 2 nitrogen and oxygen atoms in total. The summed E-state index contributed by atoms with van der Waals surface area (Å²) in [6.07, 6.45) is 9.25. The van der Waals surface area contributed by atoms with Crippen molar-refractivity contribution in [3.63, 3.8) is 0 Å². The Hall–Kier alpha value is -0.540. The predicted molar refractivity (Wildman–Crippen MR) is 79.4 cm³/mol. The lowest BCUT2D eigenvalue weighted by Gasteiger charge is -2.33. The molecule has 0 aromatic rings. The predicted octanol–water partition coefficient (Wildman–Crippen LogP) is 3.77. The maximum Gasteiger partial charge on any atom is 0.0360 e. The second kappa shape index (κ2) is 8.54. The molecular formula is C14H24N2S. The Morgan fingerprint density at radius 2 is 2.06 bits per heavy atom. The Morgan fingerprint density at radius 3 is 2.76 bits per heavy atom. The molecule has 1 fully saturated rings. The van der Waals surface area contributed by atoms with E-state index in [1.54, 1.807) is 0 Å². The fraction of sp³-hybridized carbons (Fsp3) is 0.643. The summed E-state index contributed by atoms with van der Waals surface area (Å²) in [6.45, 7) is 10.0. The van der Waals surface area contributed by atoms with Crippen LogP contribution < -0.4 is 0 Å². The summed E-state index contributed by atoms with van der Waals surface area (Å²) in [4.78, 5) is 4.11. The Labute approximate surface area is 110 Å². The van der Waals surface area contributed by atoms with Crippen molar-refractivity contribution in [1.82, 2.24) is 4.31 Å². The maximum absolute atomic E-state index is 4.11. The quantitative estimate of drug-likeness (QED) is 0.420. The highest BCUT2D eigenvalue weighted by Crippen LogP contribution is 2.27. The molecule has 0 amide bonds. The van der Waals surface area contributed by atoms with Gasteiger partial charge in [-0.25, -0.2) is 4.31 Å². The molecule has 96 valence electrons. The van der Waals surface area contributed by atoms with E-state index < -0.39 is 0 Å². The second-order valence-corrected chi connectivity index (χ2v) is 5.60. The SMILES string of the molecule is CCN=C/C=C\C=C\SN1CCC(C)C(C)C1. The van der Waals surface area contributed by atoms with Gasteiger partial charge >= 0.3 is 0 Å². The molecule has 2 unspecified atom stereocenters.